The number of hydrogen-bond donors (Lipinski definition) is 1. The van der Waals surface area contributed by atoms with Crippen LogP contribution in [-0.4, -0.2) is 36.0 Å². The smallest absolute Gasteiger partial charge is 0.222 e. The number of amides is 1. The number of ether oxygens (including phenoxy) is 1. The lowest BCUT2D eigenvalue weighted by molar-refractivity contribution is -0.130. The molecule has 1 aliphatic heterocycles. The molecule has 1 aromatic heterocycles. The summed E-state index contributed by atoms with van der Waals surface area (Å²) in [5, 5.41) is 1.18. The van der Waals surface area contributed by atoms with E-state index in [4.69, 9.17) is 4.74 Å². The van der Waals surface area contributed by atoms with Gasteiger partial charge in [-0.25, -0.2) is 0 Å². The average Bonchev–Trinajstić information content (AvgIpc) is 2.97. The van der Waals surface area contributed by atoms with Crippen molar-refractivity contribution in [3.05, 3.63) is 36.0 Å². The Hall–Kier alpha value is -2.23. The first-order valence-electron chi connectivity index (χ1n) is 7.35. The Morgan fingerprint density at radius 2 is 2.29 bits per heavy atom. The molecule has 0 bridgehead atoms. The third kappa shape index (κ3) is 2.53. The SMILES string of the molecule is CCC(=O)N1CC=C(c2c[nH]c3ccc(OC)cc23)CC1. The molecule has 0 atom stereocenters. The summed E-state index contributed by atoms with van der Waals surface area (Å²) in [6, 6.07) is 6.05. The molecule has 1 aromatic carbocycles. The molecular weight excluding hydrogens is 264 g/mol. The topological polar surface area (TPSA) is 45.3 Å². The standard InChI is InChI=1S/C17H20N2O2/c1-3-17(20)19-8-6-12(7-9-19)15-11-18-16-5-4-13(21-2)10-14(15)16/h4-6,10-11,18H,3,7-9H2,1-2H3. The molecule has 0 saturated heterocycles. The van der Waals surface area contributed by atoms with Gasteiger partial charge in [-0.15, -0.1) is 0 Å². The van der Waals surface area contributed by atoms with Crippen LogP contribution in [0.4, 0.5) is 0 Å². The maximum atomic E-state index is 11.7. The Labute approximate surface area is 124 Å². The van der Waals surface area contributed by atoms with Gasteiger partial charge in [0.1, 0.15) is 5.75 Å². The Kier molecular flexibility index (Phi) is 3.69. The number of nitrogens with one attached hydrogen (secondary N) is 1. The summed E-state index contributed by atoms with van der Waals surface area (Å²) in [5.41, 5.74) is 3.63. The molecule has 0 spiro atoms. The number of methoxy groups -OCH3 is 1. The van der Waals surface area contributed by atoms with Gasteiger partial charge in [0, 0.05) is 42.2 Å². The fourth-order valence-electron chi connectivity index (χ4n) is 2.86. The first-order chi connectivity index (χ1) is 10.2. The van der Waals surface area contributed by atoms with Gasteiger partial charge < -0.3 is 14.6 Å². The van der Waals surface area contributed by atoms with Crippen LogP contribution in [0.3, 0.4) is 0 Å². The van der Waals surface area contributed by atoms with E-state index in [1.165, 1.54) is 16.5 Å². The van der Waals surface area contributed by atoms with E-state index >= 15 is 0 Å². The van der Waals surface area contributed by atoms with Gasteiger partial charge in [0.15, 0.2) is 0 Å². The largest absolute Gasteiger partial charge is 0.497 e. The van der Waals surface area contributed by atoms with Gasteiger partial charge in [-0.05, 0) is 30.2 Å². The summed E-state index contributed by atoms with van der Waals surface area (Å²) >= 11 is 0. The molecular formula is C17H20N2O2. The number of aromatic nitrogens is 1. The molecule has 0 aliphatic carbocycles. The molecule has 1 N–H and O–H groups in total. The molecule has 2 heterocycles. The van der Waals surface area contributed by atoms with E-state index < -0.39 is 0 Å². The van der Waals surface area contributed by atoms with Crippen molar-refractivity contribution in [3.8, 4) is 5.75 Å². The molecule has 110 valence electrons. The summed E-state index contributed by atoms with van der Waals surface area (Å²) in [6.07, 6.45) is 5.69. The summed E-state index contributed by atoms with van der Waals surface area (Å²) in [5.74, 6) is 1.09. The highest BCUT2D eigenvalue weighted by atomic mass is 16.5. The summed E-state index contributed by atoms with van der Waals surface area (Å²) in [4.78, 5) is 17.0. The monoisotopic (exact) mass is 284 g/mol. The zero-order valence-corrected chi connectivity index (χ0v) is 12.5. The fourth-order valence-corrected chi connectivity index (χ4v) is 2.86. The van der Waals surface area contributed by atoms with Crippen molar-refractivity contribution in [2.45, 2.75) is 19.8 Å². The highest BCUT2D eigenvalue weighted by Crippen LogP contribution is 2.31. The Morgan fingerprint density at radius 3 is 2.95 bits per heavy atom. The number of rotatable bonds is 3. The van der Waals surface area contributed by atoms with E-state index in [1.807, 2.05) is 30.2 Å². The van der Waals surface area contributed by atoms with Crippen LogP contribution in [0.2, 0.25) is 0 Å². The van der Waals surface area contributed by atoms with E-state index in [1.54, 1.807) is 7.11 Å². The molecule has 0 saturated carbocycles. The minimum Gasteiger partial charge on any atom is -0.497 e. The van der Waals surface area contributed by atoms with Gasteiger partial charge >= 0.3 is 0 Å². The number of carbonyl (C=O) groups is 1. The van der Waals surface area contributed by atoms with Crippen molar-refractivity contribution in [1.29, 1.82) is 0 Å². The van der Waals surface area contributed by atoms with Crippen LogP contribution < -0.4 is 4.74 Å². The van der Waals surface area contributed by atoms with Crippen molar-refractivity contribution in [3.63, 3.8) is 0 Å². The lowest BCUT2D eigenvalue weighted by atomic mass is 9.98. The average molecular weight is 284 g/mol. The first kappa shape index (κ1) is 13.7. The molecule has 2 aromatic rings. The van der Waals surface area contributed by atoms with Gasteiger partial charge in [0.25, 0.3) is 0 Å². The minimum absolute atomic E-state index is 0.228. The lowest BCUT2D eigenvalue weighted by Crippen LogP contribution is -2.34. The summed E-state index contributed by atoms with van der Waals surface area (Å²) < 4.78 is 5.31. The molecule has 4 heteroatoms. The minimum atomic E-state index is 0.228. The van der Waals surface area contributed by atoms with Crippen LogP contribution in [0.5, 0.6) is 5.75 Å². The van der Waals surface area contributed by atoms with E-state index in [2.05, 4.69) is 17.1 Å². The van der Waals surface area contributed by atoms with Crippen molar-refractivity contribution in [2.75, 3.05) is 20.2 Å². The van der Waals surface area contributed by atoms with E-state index in [-0.39, 0.29) is 5.91 Å². The molecule has 1 aliphatic rings. The summed E-state index contributed by atoms with van der Waals surface area (Å²) in [6.45, 7) is 3.42. The maximum absolute atomic E-state index is 11.7. The number of hydrogen-bond acceptors (Lipinski definition) is 2. The number of H-pyrrole nitrogens is 1. The second kappa shape index (κ2) is 5.64. The van der Waals surface area contributed by atoms with Gasteiger partial charge in [0.05, 0.1) is 7.11 Å². The van der Waals surface area contributed by atoms with Gasteiger partial charge in [-0.2, -0.15) is 0 Å². The third-order valence-corrected chi connectivity index (χ3v) is 4.10. The first-order valence-corrected chi connectivity index (χ1v) is 7.35. The van der Waals surface area contributed by atoms with Gasteiger partial charge in [0.2, 0.25) is 5.91 Å². The van der Waals surface area contributed by atoms with Crippen LogP contribution in [0.15, 0.2) is 30.5 Å². The van der Waals surface area contributed by atoms with Crippen molar-refractivity contribution in [1.82, 2.24) is 9.88 Å². The van der Waals surface area contributed by atoms with Crippen LogP contribution in [-0.2, 0) is 4.79 Å². The van der Waals surface area contributed by atoms with Crippen molar-refractivity contribution < 1.29 is 9.53 Å². The predicted molar refractivity (Wildman–Crippen MR) is 84.3 cm³/mol. The number of aromatic amines is 1. The highest BCUT2D eigenvalue weighted by molar-refractivity contribution is 5.94. The lowest BCUT2D eigenvalue weighted by Gasteiger charge is -2.26. The third-order valence-electron chi connectivity index (χ3n) is 4.10. The highest BCUT2D eigenvalue weighted by Gasteiger charge is 2.18. The zero-order valence-electron chi connectivity index (χ0n) is 12.5. The van der Waals surface area contributed by atoms with E-state index in [9.17, 15) is 4.79 Å². The number of carbonyl (C=O) groups excluding carboxylic acids is 1. The molecule has 21 heavy (non-hydrogen) atoms. The van der Waals surface area contributed by atoms with Crippen LogP contribution in [0.25, 0.3) is 16.5 Å². The molecule has 4 nitrogen and oxygen atoms in total. The number of nitrogens with zero attached hydrogens (tertiary/aromatic N) is 1. The Morgan fingerprint density at radius 1 is 1.43 bits per heavy atom. The second-order valence-electron chi connectivity index (χ2n) is 5.29. The fraction of sp³-hybridized carbons (Fsp3) is 0.353. The van der Waals surface area contributed by atoms with Crippen LogP contribution in [0.1, 0.15) is 25.3 Å². The van der Waals surface area contributed by atoms with Crippen LogP contribution in [0, 0.1) is 0 Å². The van der Waals surface area contributed by atoms with Crippen molar-refractivity contribution >= 4 is 22.4 Å². The quantitative estimate of drug-likeness (QED) is 0.940. The zero-order chi connectivity index (χ0) is 14.8. The molecule has 0 unspecified atom stereocenters. The van der Waals surface area contributed by atoms with Crippen LogP contribution >= 0.6 is 0 Å². The number of fused-ring (bicyclic) bond motifs is 1. The van der Waals surface area contributed by atoms with E-state index in [0.717, 1.165) is 24.2 Å². The molecule has 3 rings (SSSR count). The maximum Gasteiger partial charge on any atom is 0.222 e. The normalized spacial score (nSPS) is 15.1. The van der Waals surface area contributed by atoms with Gasteiger partial charge in [-0.1, -0.05) is 13.0 Å². The van der Waals surface area contributed by atoms with Gasteiger partial charge in [-0.3, -0.25) is 4.79 Å². The van der Waals surface area contributed by atoms with Crippen molar-refractivity contribution in [2.24, 2.45) is 0 Å². The Bertz CT molecular complexity index is 700. The second-order valence-corrected chi connectivity index (χ2v) is 5.29. The molecule has 1 amide bonds. The summed E-state index contributed by atoms with van der Waals surface area (Å²) in [7, 11) is 1.68. The number of benzene rings is 1. The Balaban J connectivity index is 1.91. The predicted octanol–water partition coefficient (Wildman–Crippen LogP) is 3.20. The molecule has 0 fully saturated rings. The molecule has 0 radical (unpaired) electrons. The van der Waals surface area contributed by atoms with E-state index in [0.29, 0.717) is 13.0 Å².